The second-order valence-electron chi connectivity index (χ2n) is 5.82. The van der Waals surface area contributed by atoms with Crippen molar-refractivity contribution < 1.29 is 0 Å². The minimum Gasteiger partial charge on any atom is -0.316 e. The van der Waals surface area contributed by atoms with Crippen LogP contribution >= 0.6 is 0 Å². The van der Waals surface area contributed by atoms with Crippen molar-refractivity contribution in [2.75, 3.05) is 7.05 Å². The van der Waals surface area contributed by atoms with Crippen molar-refractivity contribution in [2.45, 2.75) is 37.6 Å². The van der Waals surface area contributed by atoms with Gasteiger partial charge < -0.3 is 5.32 Å². The number of hydrogen-bond donors (Lipinski definition) is 1. The molecule has 1 N–H and O–H groups in total. The summed E-state index contributed by atoms with van der Waals surface area (Å²) in [6, 6.07) is 9.43. The van der Waals surface area contributed by atoms with Crippen LogP contribution in [-0.4, -0.2) is 22.9 Å². The Morgan fingerprint density at radius 3 is 3.00 bits per heavy atom. The van der Waals surface area contributed by atoms with E-state index in [2.05, 4.69) is 47.9 Å². The SMILES string of the molecule is CNC(Cc1cnn(C)c1)C1CCCc2ccccc21. The van der Waals surface area contributed by atoms with Crippen LogP contribution in [0.5, 0.6) is 0 Å². The first-order chi connectivity index (χ1) is 9.78. The molecule has 1 aliphatic carbocycles. The Balaban J connectivity index is 1.83. The van der Waals surface area contributed by atoms with Crippen LogP contribution in [0.3, 0.4) is 0 Å². The molecule has 0 saturated carbocycles. The maximum Gasteiger partial charge on any atom is 0.0522 e. The number of nitrogens with zero attached hydrogens (tertiary/aromatic N) is 2. The van der Waals surface area contributed by atoms with Crippen molar-refractivity contribution in [2.24, 2.45) is 7.05 Å². The van der Waals surface area contributed by atoms with Crippen molar-refractivity contribution >= 4 is 0 Å². The number of rotatable bonds is 4. The molecule has 106 valence electrons. The fourth-order valence-electron chi connectivity index (χ4n) is 3.49. The highest BCUT2D eigenvalue weighted by Gasteiger charge is 2.27. The maximum atomic E-state index is 4.28. The quantitative estimate of drug-likeness (QED) is 0.925. The van der Waals surface area contributed by atoms with Gasteiger partial charge in [0.1, 0.15) is 0 Å². The van der Waals surface area contributed by atoms with Crippen molar-refractivity contribution in [3.05, 3.63) is 53.3 Å². The van der Waals surface area contributed by atoms with E-state index in [9.17, 15) is 0 Å². The Hall–Kier alpha value is -1.61. The van der Waals surface area contributed by atoms with Crippen LogP contribution in [-0.2, 0) is 19.9 Å². The molecule has 0 spiro atoms. The third kappa shape index (κ3) is 2.63. The Bertz CT molecular complexity index is 573. The average molecular weight is 269 g/mol. The largest absolute Gasteiger partial charge is 0.316 e. The van der Waals surface area contributed by atoms with Gasteiger partial charge in [0.15, 0.2) is 0 Å². The first-order valence-electron chi connectivity index (χ1n) is 7.50. The Morgan fingerprint density at radius 2 is 2.25 bits per heavy atom. The predicted octanol–water partition coefficient (Wildman–Crippen LogP) is 2.67. The third-order valence-electron chi connectivity index (χ3n) is 4.49. The molecule has 3 nitrogen and oxygen atoms in total. The van der Waals surface area contributed by atoms with Crippen LogP contribution in [0.1, 0.15) is 35.4 Å². The highest BCUT2D eigenvalue weighted by molar-refractivity contribution is 5.34. The van der Waals surface area contributed by atoms with Gasteiger partial charge >= 0.3 is 0 Å². The van der Waals surface area contributed by atoms with Gasteiger partial charge in [-0.25, -0.2) is 0 Å². The van der Waals surface area contributed by atoms with E-state index in [0.29, 0.717) is 12.0 Å². The number of aromatic nitrogens is 2. The molecule has 20 heavy (non-hydrogen) atoms. The van der Waals surface area contributed by atoms with Gasteiger partial charge in [-0.05, 0) is 55.3 Å². The number of fused-ring (bicyclic) bond motifs is 1. The molecule has 0 aliphatic heterocycles. The molecule has 2 unspecified atom stereocenters. The van der Waals surface area contributed by atoms with Gasteiger partial charge in [-0.1, -0.05) is 24.3 Å². The highest BCUT2D eigenvalue weighted by Crippen LogP contribution is 2.34. The molecular formula is C17H23N3. The second-order valence-corrected chi connectivity index (χ2v) is 5.82. The van der Waals surface area contributed by atoms with Gasteiger partial charge in [0.05, 0.1) is 6.20 Å². The van der Waals surface area contributed by atoms with Crippen LogP contribution in [0, 0.1) is 0 Å². The zero-order chi connectivity index (χ0) is 13.9. The smallest absolute Gasteiger partial charge is 0.0522 e. The topological polar surface area (TPSA) is 29.9 Å². The lowest BCUT2D eigenvalue weighted by molar-refractivity contribution is 0.411. The van der Waals surface area contributed by atoms with Crippen LogP contribution in [0.25, 0.3) is 0 Å². The summed E-state index contributed by atoms with van der Waals surface area (Å²) in [5.41, 5.74) is 4.40. The lowest BCUT2D eigenvalue weighted by atomic mass is 9.77. The predicted molar refractivity (Wildman–Crippen MR) is 81.9 cm³/mol. The first-order valence-corrected chi connectivity index (χ1v) is 7.50. The summed E-state index contributed by atoms with van der Waals surface area (Å²) >= 11 is 0. The number of hydrogen-bond acceptors (Lipinski definition) is 2. The standard InChI is InChI=1S/C17H23N3/c1-18-17(10-13-11-19-20(2)12-13)16-9-5-7-14-6-3-4-8-15(14)16/h3-4,6,8,11-12,16-18H,5,7,9-10H2,1-2H3. The maximum absolute atomic E-state index is 4.28. The van der Waals surface area contributed by atoms with Gasteiger partial charge in [0.25, 0.3) is 0 Å². The van der Waals surface area contributed by atoms with E-state index in [1.807, 2.05) is 17.9 Å². The molecule has 1 aromatic heterocycles. The molecule has 0 fully saturated rings. The Kier molecular flexibility index (Phi) is 3.88. The van der Waals surface area contributed by atoms with Crippen LogP contribution < -0.4 is 5.32 Å². The summed E-state index contributed by atoms with van der Waals surface area (Å²) in [5, 5.41) is 7.82. The molecule has 3 rings (SSSR count). The van der Waals surface area contributed by atoms with E-state index in [1.165, 1.54) is 30.4 Å². The molecule has 2 atom stereocenters. The molecular weight excluding hydrogens is 246 g/mol. The van der Waals surface area contributed by atoms with E-state index in [4.69, 9.17) is 0 Å². The molecule has 1 heterocycles. The fourth-order valence-corrected chi connectivity index (χ4v) is 3.49. The highest BCUT2D eigenvalue weighted by atomic mass is 15.2. The summed E-state index contributed by atoms with van der Waals surface area (Å²) in [5.74, 6) is 0.616. The summed E-state index contributed by atoms with van der Waals surface area (Å²) in [4.78, 5) is 0. The van der Waals surface area contributed by atoms with Crippen LogP contribution in [0.4, 0.5) is 0 Å². The molecule has 2 aromatic rings. The Morgan fingerprint density at radius 1 is 1.40 bits per heavy atom. The number of nitrogens with one attached hydrogen (secondary N) is 1. The van der Waals surface area contributed by atoms with Crippen molar-refractivity contribution in [1.29, 1.82) is 0 Å². The molecule has 3 heteroatoms. The van der Waals surface area contributed by atoms with Gasteiger partial charge in [-0.3, -0.25) is 4.68 Å². The minimum absolute atomic E-state index is 0.487. The van der Waals surface area contributed by atoms with E-state index < -0.39 is 0 Å². The summed E-state index contributed by atoms with van der Waals surface area (Å²) in [7, 11) is 4.06. The van der Waals surface area contributed by atoms with Crippen LogP contribution in [0.15, 0.2) is 36.7 Å². The van der Waals surface area contributed by atoms with Crippen molar-refractivity contribution in [3.8, 4) is 0 Å². The first kappa shape index (κ1) is 13.4. The fraction of sp³-hybridized carbons (Fsp3) is 0.471. The number of likely N-dealkylation sites (N-methyl/N-ethyl adjacent to an activating group) is 1. The average Bonchev–Trinajstić information content (AvgIpc) is 2.89. The number of benzene rings is 1. The zero-order valence-corrected chi connectivity index (χ0v) is 12.3. The summed E-state index contributed by atoms with van der Waals surface area (Å²) in [6.07, 6.45) is 8.97. The normalized spacial score (nSPS) is 19.6. The third-order valence-corrected chi connectivity index (χ3v) is 4.49. The molecule has 0 saturated heterocycles. The molecule has 0 radical (unpaired) electrons. The number of aryl methyl sites for hydroxylation is 2. The van der Waals surface area contributed by atoms with Gasteiger partial charge in [0, 0.05) is 19.3 Å². The molecule has 1 aromatic carbocycles. The molecule has 0 bridgehead atoms. The van der Waals surface area contributed by atoms with E-state index in [1.54, 1.807) is 5.56 Å². The minimum atomic E-state index is 0.487. The van der Waals surface area contributed by atoms with E-state index >= 15 is 0 Å². The van der Waals surface area contributed by atoms with E-state index in [0.717, 1.165) is 6.42 Å². The van der Waals surface area contributed by atoms with Gasteiger partial charge in [0.2, 0.25) is 0 Å². The Labute approximate surface area is 121 Å². The second kappa shape index (κ2) is 5.80. The molecule has 0 amide bonds. The zero-order valence-electron chi connectivity index (χ0n) is 12.3. The summed E-state index contributed by atoms with van der Waals surface area (Å²) < 4.78 is 1.89. The van der Waals surface area contributed by atoms with Gasteiger partial charge in [-0.15, -0.1) is 0 Å². The van der Waals surface area contributed by atoms with Crippen LogP contribution in [0.2, 0.25) is 0 Å². The van der Waals surface area contributed by atoms with E-state index in [-0.39, 0.29) is 0 Å². The van der Waals surface area contributed by atoms with Gasteiger partial charge in [-0.2, -0.15) is 5.10 Å². The lowest BCUT2D eigenvalue weighted by Crippen LogP contribution is -2.35. The van der Waals surface area contributed by atoms with Crippen molar-refractivity contribution in [1.82, 2.24) is 15.1 Å². The molecule has 1 aliphatic rings. The van der Waals surface area contributed by atoms with Crippen molar-refractivity contribution in [3.63, 3.8) is 0 Å². The summed E-state index contributed by atoms with van der Waals surface area (Å²) in [6.45, 7) is 0. The monoisotopic (exact) mass is 269 g/mol. The lowest BCUT2D eigenvalue weighted by Gasteiger charge is -2.32.